The van der Waals surface area contributed by atoms with Gasteiger partial charge in [0, 0.05) is 38.4 Å². The first kappa shape index (κ1) is 13.8. The third-order valence-electron chi connectivity index (χ3n) is 3.82. The average Bonchev–Trinajstić information content (AvgIpc) is 2.56. The average molecular weight is 283 g/mol. The van der Waals surface area contributed by atoms with Crippen LogP contribution in [-0.2, 0) is 0 Å². The molecule has 2 aromatic rings. The molecule has 1 fully saturated rings. The summed E-state index contributed by atoms with van der Waals surface area (Å²) in [5.41, 5.74) is 2.18. The van der Waals surface area contributed by atoms with Crippen molar-refractivity contribution in [2.45, 2.75) is 19.3 Å². The minimum atomic E-state index is 0.745. The van der Waals surface area contributed by atoms with Crippen LogP contribution in [0.25, 0.3) is 11.4 Å². The van der Waals surface area contributed by atoms with Crippen LogP contribution in [0.4, 0.5) is 11.6 Å². The molecule has 1 aliphatic heterocycles. The molecule has 5 nitrogen and oxygen atoms in total. The lowest BCUT2D eigenvalue weighted by Gasteiger charge is -2.26. The molecule has 1 saturated heterocycles. The quantitative estimate of drug-likeness (QED) is 0.866. The Morgan fingerprint density at radius 2 is 1.86 bits per heavy atom. The SMILES string of the molecule is CN(C)c1cccc(-c2ncnc(N3CCCCC3)n2)c1. The number of rotatable bonds is 3. The van der Waals surface area contributed by atoms with Crippen molar-refractivity contribution in [2.24, 2.45) is 0 Å². The standard InChI is InChI=1S/C16H21N5/c1-20(2)14-8-6-7-13(11-14)15-17-12-18-16(19-15)21-9-4-3-5-10-21/h6-8,11-12H,3-5,9-10H2,1-2H3. The Kier molecular flexibility index (Phi) is 3.99. The molecule has 1 aromatic heterocycles. The number of piperidine rings is 1. The van der Waals surface area contributed by atoms with E-state index in [2.05, 4.69) is 36.9 Å². The molecule has 21 heavy (non-hydrogen) atoms. The lowest BCUT2D eigenvalue weighted by Crippen LogP contribution is -2.31. The van der Waals surface area contributed by atoms with Crippen molar-refractivity contribution >= 4 is 11.6 Å². The molecule has 0 unspecified atom stereocenters. The summed E-state index contributed by atoms with van der Waals surface area (Å²) in [7, 11) is 4.07. The van der Waals surface area contributed by atoms with E-state index in [4.69, 9.17) is 0 Å². The van der Waals surface area contributed by atoms with Crippen molar-refractivity contribution in [1.82, 2.24) is 15.0 Å². The Bertz CT molecular complexity index is 605. The number of benzene rings is 1. The highest BCUT2D eigenvalue weighted by atomic mass is 15.3. The summed E-state index contributed by atoms with van der Waals surface area (Å²) >= 11 is 0. The summed E-state index contributed by atoms with van der Waals surface area (Å²) in [6, 6.07) is 8.27. The summed E-state index contributed by atoms with van der Waals surface area (Å²) in [4.78, 5) is 17.7. The van der Waals surface area contributed by atoms with Crippen LogP contribution in [0.3, 0.4) is 0 Å². The zero-order chi connectivity index (χ0) is 14.7. The molecule has 5 heteroatoms. The number of hydrogen-bond donors (Lipinski definition) is 0. The largest absolute Gasteiger partial charge is 0.378 e. The highest BCUT2D eigenvalue weighted by Crippen LogP contribution is 2.22. The maximum atomic E-state index is 4.65. The molecule has 0 amide bonds. The van der Waals surface area contributed by atoms with Gasteiger partial charge in [-0.25, -0.2) is 9.97 Å². The van der Waals surface area contributed by atoms with Crippen molar-refractivity contribution in [3.8, 4) is 11.4 Å². The van der Waals surface area contributed by atoms with E-state index in [0.29, 0.717) is 0 Å². The minimum Gasteiger partial charge on any atom is -0.378 e. The van der Waals surface area contributed by atoms with Gasteiger partial charge in [-0.3, -0.25) is 0 Å². The summed E-state index contributed by atoms with van der Waals surface area (Å²) in [5, 5.41) is 0. The number of aromatic nitrogens is 3. The van der Waals surface area contributed by atoms with E-state index in [0.717, 1.165) is 36.1 Å². The van der Waals surface area contributed by atoms with Gasteiger partial charge in [0.1, 0.15) is 6.33 Å². The molecule has 2 heterocycles. The van der Waals surface area contributed by atoms with Crippen LogP contribution in [0.1, 0.15) is 19.3 Å². The molecule has 110 valence electrons. The van der Waals surface area contributed by atoms with Crippen molar-refractivity contribution in [3.05, 3.63) is 30.6 Å². The van der Waals surface area contributed by atoms with Gasteiger partial charge >= 0.3 is 0 Å². The number of anilines is 2. The fourth-order valence-corrected chi connectivity index (χ4v) is 2.60. The van der Waals surface area contributed by atoms with Crippen molar-refractivity contribution < 1.29 is 0 Å². The first-order chi connectivity index (χ1) is 10.2. The first-order valence-electron chi connectivity index (χ1n) is 7.46. The molecule has 0 bridgehead atoms. The molecule has 0 atom stereocenters. The zero-order valence-electron chi connectivity index (χ0n) is 12.7. The van der Waals surface area contributed by atoms with Gasteiger partial charge < -0.3 is 9.80 Å². The van der Waals surface area contributed by atoms with Crippen molar-refractivity contribution in [2.75, 3.05) is 37.0 Å². The Morgan fingerprint density at radius 3 is 2.62 bits per heavy atom. The molecule has 0 N–H and O–H groups in total. The molecule has 1 aromatic carbocycles. The first-order valence-corrected chi connectivity index (χ1v) is 7.46. The molecule has 0 radical (unpaired) electrons. The lowest BCUT2D eigenvalue weighted by molar-refractivity contribution is 0.567. The predicted octanol–water partition coefficient (Wildman–Crippen LogP) is 2.59. The Hall–Kier alpha value is -2.17. The molecular weight excluding hydrogens is 262 g/mol. The maximum absolute atomic E-state index is 4.65. The second-order valence-electron chi connectivity index (χ2n) is 5.60. The van der Waals surface area contributed by atoms with Crippen LogP contribution in [0.5, 0.6) is 0 Å². The summed E-state index contributed by atoms with van der Waals surface area (Å²) in [5.74, 6) is 1.55. The Labute approximate surface area is 125 Å². The fraction of sp³-hybridized carbons (Fsp3) is 0.438. The van der Waals surface area contributed by atoms with E-state index in [9.17, 15) is 0 Å². The smallest absolute Gasteiger partial charge is 0.228 e. The van der Waals surface area contributed by atoms with Crippen molar-refractivity contribution in [3.63, 3.8) is 0 Å². The third-order valence-corrected chi connectivity index (χ3v) is 3.82. The summed E-state index contributed by atoms with van der Waals surface area (Å²) in [6.07, 6.45) is 5.36. The molecule has 1 aliphatic rings. The topological polar surface area (TPSA) is 45.2 Å². The van der Waals surface area contributed by atoms with Crippen LogP contribution >= 0.6 is 0 Å². The van der Waals surface area contributed by atoms with Gasteiger partial charge in [-0.05, 0) is 31.4 Å². The third kappa shape index (κ3) is 3.12. The van der Waals surface area contributed by atoms with Gasteiger partial charge in [0.2, 0.25) is 5.95 Å². The van der Waals surface area contributed by atoms with Gasteiger partial charge in [0.05, 0.1) is 0 Å². The Balaban J connectivity index is 1.90. The zero-order valence-corrected chi connectivity index (χ0v) is 12.7. The van der Waals surface area contributed by atoms with Crippen LogP contribution < -0.4 is 9.80 Å². The van der Waals surface area contributed by atoms with Crippen LogP contribution in [0, 0.1) is 0 Å². The van der Waals surface area contributed by atoms with E-state index in [1.165, 1.54) is 19.3 Å². The molecule has 0 saturated carbocycles. The van der Waals surface area contributed by atoms with Gasteiger partial charge in [-0.15, -0.1) is 0 Å². The second kappa shape index (κ2) is 6.08. The van der Waals surface area contributed by atoms with E-state index in [-0.39, 0.29) is 0 Å². The highest BCUT2D eigenvalue weighted by Gasteiger charge is 2.14. The van der Waals surface area contributed by atoms with Gasteiger partial charge in [0.15, 0.2) is 5.82 Å². The van der Waals surface area contributed by atoms with Crippen LogP contribution in [0.15, 0.2) is 30.6 Å². The maximum Gasteiger partial charge on any atom is 0.228 e. The predicted molar refractivity (Wildman–Crippen MR) is 85.7 cm³/mol. The van der Waals surface area contributed by atoms with Crippen molar-refractivity contribution in [1.29, 1.82) is 0 Å². The molecular formula is C16H21N5. The van der Waals surface area contributed by atoms with Gasteiger partial charge in [-0.2, -0.15) is 4.98 Å². The summed E-state index contributed by atoms with van der Waals surface area (Å²) in [6.45, 7) is 2.09. The van der Waals surface area contributed by atoms with E-state index in [1.807, 2.05) is 26.2 Å². The van der Waals surface area contributed by atoms with Crippen LogP contribution in [0.2, 0.25) is 0 Å². The van der Waals surface area contributed by atoms with E-state index in [1.54, 1.807) is 6.33 Å². The number of nitrogens with zero attached hydrogens (tertiary/aromatic N) is 5. The molecule has 3 rings (SSSR count). The highest BCUT2D eigenvalue weighted by molar-refractivity contribution is 5.63. The minimum absolute atomic E-state index is 0.745. The van der Waals surface area contributed by atoms with Gasteiger partial charge in [0.25, 0.3) is 0 Å². The monoisotopic (exact) mass is 283 g/mol. The van der Waals surface area contributed by atoms with Crippen LogP contribution in [-0.4, -0.2) is 42.1 Å². The molecule has 0 spiro atoms. The van der Waals surface area contributed by atoms with E-state index < -0.39 is 0 Å². The lowest BCUT2D eigenvalue weighted by atomic mass is 10.1. The normalized spacial score (nSPS) is 15.0. The van der Waals surface area contributed by atoms with Gasteiger partial charge in [-0.1, -0.05) is 12.1 Å². The number of hydrogen-bond acceptors (Lipinski definition) is 5. The fourth-order valence-electron chi connectivity index (χ4n) is 2.60. The Morgan fingerprint density at radius 1 is 1.05 bits per heavy atom. The second-order valence-corrected chi connectivity index (χ2v) is 5.60. The van der Waals surface area contributed by atoms with E-state index >= 15 is 0 Å². The molecule has 0 aliphatic carbocycles. The summed E-state index contributed by atoms with van der Waals surface area (Å²) < 4.78 is 0.